The first-order valence-electron chi connectivity index (χ1n) is 7.94. The van der Waals surface area contributed by atoms with Gasteiger partial charge in [0.15, 0.2) is 5.65 Å². The number of rotatable bonds is 4. The van der Waals surface area contributed by atoms with E-state index < -0.39 is 0 Å². The molecule has 1 fully saturated rings. The van der Waals surface area contributed by atoms with Crippen molar-refractivity contribution in [3.05, 3.63) is 23.0 Å². The molecule has 0 aromatic carbocycles. The maximum Gasteiger partial charge on any atom is 0.296 e. The lowest BCUT2D eigenvalue weighted by atomic mass is 10.2. The van der Waals surface area contributed by atoms with Crippen molar-refractivity contribution in [1.29, 1.82) is 0 Å². The predicted octanol–water partition coefficient (Wildman–Crippen LogP) is 1.80. The van der Waals surface area contributed by atoms with Crippen molar-refractivity contribution in [3.63, 3.8) is 0 Å². The molecule has 0 amide bonds. The number of hydrogen-bond acceptors (Lipinski definition) is 7. The SMILES string of the molecule is CN=CC(=CN)c1nc2nc(OC3COCCCOC3)[nH]c2cc1Cl. The van der Waals surface area contributed by atoms with Gasteiger partial charge in [-0.05, 0) is 12.5 Å². The Kier molecular flexibility index (Phi) is 5.85. The minimum absolute atomic E-state index is 0.234. The number of nitrogens with zero attached hydrogens (tertiary/aromatic N) is 3. The Morgan fingerprint density at radius 2 is 2.16 bits per heavy atom. The Labute approximate surface area is 150 Å². The highest BCUT2D eigenvalue weighted by atomic mass is 35.5. The molecule has 3 heterocycles. The number of aliphatic imine (C=N–C) groups is 1. The molecule has 0 spiro atoms. The number of hydrogen-bond donors (Lipinski definition) is 2. The lowest BCUT2D eigenvalue weighted by Crippen LogP contribution is -2.31. The van der Waals surface area contributed by atoms with Crippen LogP contribution in [0.15, 0.2) is 17.3 Å². The van der Waals surface area contributed by atoms with Crippen molar-refractivity contribution >= 4 is 34.6 Å². The largest absolute Gasteiger partial charge is 0.457 e. The van der Waals surface area contributed by atoms with Gasteiger partial charge in [-0.25, -0.2) is 4.98 Å². The zero-order valence-corrected chi connectivity index (χ0v) is 14.6. The van der Waals surface area contributed by atoms with E-state index in [4.69, 9.17) is 31.5 Å². The molecular weight excluding hydrogens is 346 g/mol. The monoisotopic (exact) mass is 365 g/mol. The number of nitrogens with one attached hydrogen (secondary N) is 1. The van der Waals surface area contributed by atoms with Crippen LogP contribution in [-0.4, -0.2) is 60.7 Å². The number of nitrogens with two attached hydrogens (primary N) is 1. The Balaban J connectivity index is 1.84. The van der Waals surface area contributed by atoms with Crippen molar-refractivity contribution in [2.24, 2.45) is 10.7 Å². The number of fused-ring (bicyclic) bond motifs is 1. The summed E-state index contributed by atoms with van der Waals surface area (Å²) in [5, 5.41) is 0.442. The van der Waals surface area contributed by atoms with Crippen LogP contribution in [0, 0.1) is 0 Å². The lowest BCUT2D eigenvalue weighted by Gasteiger charge is -2.20. The molecular formula is C16H20ClN5O3. The van der Waals surface area contributed by atoms with E-state index in [1.807, 2.05) is 0 Å². The molecule has 1 saturated heterocycles. The van der Waals surface area contributed by atoms with Gasteiger partial charge in [-0.15, -0.1) is 0 Å². The predicted molar refractivity (Wildman–Crippen MR) is 96.2 cm³/mol. The highest BCUT2D eigenvalue weighted by Gasteiger charge is 2.17. The van der Waals surface area contributed by atoms with Gasteiger partial charge in [-0.1, -0.05) is 11.6 Å². The fourth-order valence-corrected chi connectivity index (χ4v) is 2.70. The third-order valence-electron chi connectivity index (χ3n) is 3.59. The molecule has 0 aliphatic carbocycles. The molecule has 2 aromatic heterocycles. The molecule has 2 aromatic rings. The third-order valence-corrected chi connectivity index (χ3v) is 3.88. The van der Waals surface area contributed by atoms with Gasteiger partial charge in [0.25, 0.3) is 6.01 Å². The second-order valence-corrected chi connectivity index (χ2v) is 5.89. The molecule has 134 valence electrons. The quantitative estimate of drug-likeness (QED) is 0.800. The highest BCUT2D eigenvalue weighted by Crippen LogP contribution is 2.26. The Morgan fingerprint density at radius 1 is 1.40 bits per heavy atom. The van der Waals surface area contributed by atoms with Gasteiger partial charge in [-0.3, -0.25) is 4.99 Å². The minimum Gasteiger partial charge on any atom is -0.457 e. The summed E-state index contributed by atoms with van der Waals surface area (Å²) in [5.41, 5.74) is 7.90. The van der Waals surface area contributed by atoms with E-state index in [0.29, 0.717) is 59.9 Å². The second kappa shape index (κ2) is 8.28. The Hall–Kier alpha value is -2.16. The van der Waals surface area contributed by atoms with Crippen molar-refractivity contribution < 1.29 is 14.2 Å². The molecule has 3 rings (SSSR count). The van der Waals surface area contributed by atoms with E-state index in [1.165, 1.54) is 6.20 Å². The standard InChI is InChI=1S/C16H20ClN5O3/c1-19-7-10(6-18)14-12(17)5-13-15(21-14)22-16(20-13)25-11-8-23-3-2-4-24-9-11/h5-7,11H,2-4,8-9,18H2,1H3,(H,20,21,22). The third kappa shape index (κ3) is 4.28. The zero-order valence-electron chi connectivity index (χ0n) is 13.9. The van der Waals surface area contributed by atoms with Crippen LogP contribution in [0.3, 0.4) is 0 Å². The fraction of sp³-hybridized carbons (Fsp3) is 0.438. The van der Waals surface area contributed by atoms with Crippen LogP contribution in [0.4, 0.5) is 0 Å². The number of imidazole rings is 1. The van der Waals surface area contributed by atoms with Crippen molar-refractivity contribution in [3.8, 4) is 6.01 Å². The van der Waals surface area contributed by atoms with Crippen LogP contribution in [0.25, 0.3) is 16.7 Å². The van der Waals surface area contributed by atoms with Gasteiger partial charge < -0.3 is 24.9 Å². The average Bonchev–Trinajstić information content (AvgIpc) is 2.95. The summed E-state index contributed by atoms with van der Waals surface area (Å²) in [7, 11) is 1.65. The zero-order chi connectivity index (χ0) is 17.6. The molecule has 0 unspecified atom stereocenters. The van der Waals surface area contributed by atoms with Crippen LogP contribution in [0.2, 0.25) is 5.02 Å². The number of aromatic amines is 1. The number of aromatic nitrogens is 3. The van der Waals surface area contributed by atoms with Crippen LogP contribution in [0.5, 0.6) is 6.01 Å². The van der Waals surface area contributed by atoms with Gasteiger partial charge in [0, 0.05) is 38.2 Å². The van der Waals surface area contributed by atoms with E-state index >= 15 is 0 Å². The smallest absolute Gasteiger partial charge is 0.296 e. The van der Waals surface area contributed by atoms with Crippen LogP contribution in [0.1, 0.15) is 12.1 Å². The molecule has 8 nitrogen and oxygen atoms in total. The summed E-state index contributed by atoms with van der Waals surface area (Å²) in [5.74, 6) is 0. The van der Waals surface area contributed by atoms with Crippen LogP contribution in [-0.2, 0) is 9.47 Å². The second-order valence-electron chi connectivity index (χ2n) is 5.48. The fourth-order valence-electron chi connectivity index (χ4n) is 2.44. The van der Waals surface area contributed by atoms with Gasteiger partial charge in [0.2, 0.25) is 0 Å². The molecule has 1 aliphatic rings. The number of ether oxygens (including phenoxy) is 3. The molecule has 0 radical (unpaired) electrons. The molecule has 0 atom stereocenters. The summed E-state index contributed by atoms with van der Waals surface area (Å²) in [6, 6.07) is 2.08. The number of pyridine rings is 1. The van der Waals surface area contributed by atoms with E-state index in [9.17, 15) is 0 Å². The van der Waals surface area contributed by atoms with Gasteiger partial charge >= 0.3 is 0 Å². The van der Waals surface area contributed by atoms with Gasteiger partial charge in [0.1, 0.15) is 6.10 Å². The number of halogens is 1. The van der Waals surface area contributed by atoms with E-state index in [1.54, 1.807) is 19.3 Å². The summed E-state index contributed by atoms with van der Waals surface area (Å²) in [6.45, 7) is 2.22. The van der Waals surface area contributed by atoms with Crippen LogP contribution < -0.4 is 10.5 Å². The van der Waals surface area contributed by atoms with Crippen molar-refractivity contribution in [2.45, 2.75) is 12.5 Å². The molecule has 0 saturated carbocycles. The first-order chi connectivity index (χ1) is 12.2. The van der Waals surface area contributed by atoms with E-state index in [2.05, 4.69) is 19.9 Å². The lowest BCUT2D eigenvalue weighted by molar-refractivity contribution is -0.0382. The normalized spacial score (nSPS) is 17.8. The van der Waals surface area contributed by atoms with Crippen LogP contribution >= 0.6 is 11.6 Å². The maximum absolute atomic E-state index is 6.30. The summed E-state index contributed by atoms with van der Waals surface area (Å²) in [4.78, 5) is 15.8. The number of H-pyrrole nitrogens is 1. The molecule has 25 heavy (non-hydrogen) atoms. The van der Waals surface area contributed by atoms with E-state index in [0.717, 1.165) is 6.42 Å². The molecule has 1 aliphatic heterocycles. The summed E-state index contributed by atoms with van der Waals surface area (Å²) >= 11 is 6.30. The first kappa shape index (κ1) is 17.7. The first-order valence-corrected chi connectivity index (χ1v) is 8.32. The summed E-state index contributed by atoms with van der Waals surface area (Å²) in [6.07, 6.45) is 3.65. The number of allylic oxidation sites excluding steroid dienone is 1. The van der Waals surface area contributed by atoms with Gasteiger partial charge in [-0.2, -0.15) is 4.98 Å². The highest BCUT2D eigenvalue weighted by molar-refractivity contribution is 6.34. The van der Waals surface area contributed by atoms with E-state index in [-0.39, 0.29) is 6.10 Å². The molecule has 0 bridgehead atoms. The Morgan fingerprint density at radius 3 is 2.84 bits per heavy atom. The average molecular weight is 366 g/mol. The molecule has 3 N–H and O–H groups in total. The minimum atomic E-state index is -0.234. The van der Waals surface area contributed by atoms with Crippen molar-refractivity contribution in [2.75, 3.05) is 33.5 Å². The van der Waals surface area contributed by atoms with Gasteiger partial charge in [0.05, 0.1) is 29.4 Å². The Bertz CT molecular complexity index is 781. The molecule has 9 heteroatoms. The maximum atomic E-state index is 6.30. The summed E-state index contributed by atoms with van der Waals surface area (Å²) < 4.78 is 16.9. The topological polar surface area (TPSA) is 108 Å². The van der Waals surface area contributed by atoms with Crippen molar-refractivity contribution in [1.82, 2.24) is 15.0 Å².